The second-order valence-electron chi connectivity index (χ2n) is 4.35. The van der Waals surface area contributed by atoms with Crippen molar-refractivity contribution in [3.8, 4) is 0 Å². The summed E-state index contributed by atoms with van der Waals surface area (Å²) in [5, 5.41) is 4.42. The molecular formula is C10H18N4S. The monoisotopic (exact) mass is 226 g/mol. The lowest BCUT2D eigenvalue weighted by atomic mass is 10.2. The van der Waals surface area contributed by atoms with Crippen molar-refractivity contribution in [2.24, 2.45) is 0 Å². The molecule has 1 aliphatic heterocycles. The van der Waals surface area contributed by atoms with Gasteiger partial charge >= 0.3 is 0 Å². The van der Waals surface area contributed by atoms with Crippen molar-refractivity contribution in [3.63, 3.8) is 0 Å². The third-order valence-electron chi connectivity index (χ3n) is 2.83. The highest BCUT2D eigenvalue weighted by Gasteiger charge is 2.22. The Balaban J connectivity index is 2.07. The fraction of sp³-hybridized carbons (Fsp3) is 0.800. The minimum Gasteiger partial charge on any atom is -0.346 e. The Labute approximate surface area is 94.9 Å². The Bertz CT molecular complexity index is 317. The van der Waals surface area contributed by atoms with Crippen LogP contribution in [0.2, 0.25) is 0 Å². The van der Waals surface area contributed by atoms with Gasteiger partial charge in [-0.1, -0.05) is 13.8 Å². The highest BCUT2D eigenvalue weighted by molar-refractivity contribution is 7.09. The van der Waals surface area contributed by atoms with Crippen LogP contribution in [-0.2, 0) is 0 Å². The molecular weight excluding hydrogens is 208 g/mol. The van der Waals surface area contributed by atoms with Crippen LogP contribution >= 0.6 is 11.5 Å². The van der Waals surface area contributed by atoms with Gasteiger partial charge in [0.1, 0.15) is 5.82 Å². The summed E-state index contributed by atoms with van der Waals surface area (Å²) in [6.45, 7) is 6.43. The summed E-state index contributed by atoms with van der Waals surface area (Å²) in [6.07, 6.45) is 1.20. The summed E-state index contributed by atoms with van der Waals surface area (Å²) in [5.41, 5.74) is 0. The topological polar surface area (TPSA) is 41.1 Å². The van der Waals surface area contributed by atoms with Crippen molar-refractivity contribution >= 4 is 16.7 Å². The van der Waals surface area contributed by atoms with E-state index in [1.807, 2.05) is 0 Å². The first kappa shape index (κ1) is 10.8. The first-order valence-corrected chi connectivity index (χ1v) is 6.23. The minimum absolute atomic E-state index is 0.421. The van der Waals surface area contributed by atoms with Gasteiger partial charge in [-0.2, -0.15) is 4.37 Å². The number of nitrogens with zero attached hydrogens (tertiary/aromatic N) is 3. The Morgan fingerprint density at radius 2 is 2.33 bits per heavy atom. The zero-order chi connectivity index (χ0) is 10.8. The van der Waals surface area contributed by atoms with Crippen LogP contribution in [0.5, 0.6) is 0 Å². The molecule has 0 bridgehead atoms. The van der Waals surface area contributed by atoms with E-state index in [2.05, 4.69) is 40.5 Å². The molecule has 0 saturated carbocycles. The predicted molar refractivity (Wildman–Crippen MR) is 63.7 cm³/mol. The molecule has 84 valence electrons. The van der Waals surface area contributed by atoms with Gasteiger partial charge < -0.3 is 10.2 Å². The van der Waals surface area contributed by atoms with E-state index in [0.29, 0.717) is 12.0 Å². The van der Waals surface area contributed by atoms with Crippen LogP contribution in [0.4, 0.5) is 5.13 Å². The molecule has 1 fully saturated rings. The molecule has 1 unspecified atom stereocenters. The second kappa shape index (κ2) is 4.45. The third kappa shape index (κ3) is 2.29. The van der Waals surface area contributed by atoms with Crippen LogP contribution in [0, 0.1) is 0 Å². The lowest BCUT2D eigenvalue weighted by Gasteiger charge is -2.22. The van der Waals surface area contributed by atoms with Crippen molar-refractivity contribution in [1.29, 1.82) is 0 Å². The summed E-state index contributed by atoms with van der Waals surface area (Å²) >= 11 is 1.51. The summed E-state index contributed by atoms with van der Waals surface area (Å²) in [5.74, 6) is 1.39. The van der Waals surface area contributed by atoms with Gasteiger partial charge in [-0.25, -0.2) is 4.98 Å². The van der Waals surface area contributed by atoms with Gasteiger partial charge in [0, 0.05) is 37.1 Å². The van der Waals surface area contributed by atoms with Gasteiger partial charge in [0.15, 0.2) is 0 Å². The van der Waals surface area contributed by atoms with Crippen molar-refractivity contribution in [1.82, 2.24) is 14.7 Å². The highest BCUT2D eigenvalue weighted by Crippen LogP contribution is 2.23. The van der Waals surface area contributed by atoms with Crippen LogP contribution in [-0.4, -0.2) is 35.5 Å². The standard InChI is InChI=1S/C10H18N4S/c1-7(2)9-12-10(15-13-9)14(3)8-4-5-11-6-8/h7-8,11H,4-6H2,1-3H3. The number of rotatable bonds is 3. The van der Waals surface area contributed by atoms with E-state index in [9.17, 15) is 0 Å². The number of aromatic nitrogens is 2. The van der Waals surface area contributed by atoms with Crippen molar-refractivity contribution in [2.45, 2.75) is 32.2 Å². The molecule has 0 amide bonds. The van der Waals surface area contributed by atoms with E-state index >= 15 is 0 Å². The molecule has 15 heavy (non-hydrogen) atoms. The zero-order valence-corrected chi connectivity index (χ0v) is 10.3. The molecule has 4 nitrogen and oxygen atoms in total. The average molecular weight is 226 g/mol. The van der Waals surface area contributed by atoms with E-state index in [-0.39, 0.29) is 0 Å². The molecule has 2 heterocycles. The van der Waals surface area contributed by atoms with Gasteiger partial charge in [0.2, 0.25) is 5.13 Å². The number of anilines is 1. The molecule has 1 aromatic heterocycles. The molecule has 1 N–H and O–H groups in total. The number of hydrogen-bond acceptors (Lipinski definition) is 5. The SMILES string of the molecule is CC(C)c1nsc(N(C)C2CCNC2)n1. The van der Waals surface area contributed by atoms with Crippen molar-refractivity contribution in [2.75, 3.05) is 25.0 Å². The maximum atomic E-state index is 4.56. The molecule has 0 spiro atoms. The zero-order valence-electron chi connectivity index (χ0n) is 9.53. The molecule has 5 heteroatoms. The van der Waals surface area contributed by atoms with Gasteiger partial charge in [0.25, 0.3) is 0 Å². The molecule has 2 rings (SSSR count). The van der Waals surface area contributed by atoms with Gasteiger partial charge in [-0.15, -0.1) is 0 Å². The van der Waals surface area contributed by atoms with Crippen LogP contribution < -0.4 is 10.2 Å². The first-order valence-electron chi connectivity index (χ1n) is 5.45. The van der Waals surface area contributed by atoms with Crippen LogP contribution in [0.15, 0.2) is 0 Å². The van der Waals surface area contributed by atoms with Crippen molar-refractivity contribution in [3.05, 3.63) is 5.82 Å². The predicted octanol–water partition coefficient (Wildman–Crippen LogP) is 1.46. The molecule has 1 atom stereocenters. The lowest BCUT2D eigenvalue weighted by Crippen LogP contribution is -2.33. The summed E-state index contributed by atoms with van der Waals surface area (Å²) in [7, 11) is 2.11. The first-order chi connectivity index (χ1) is 7.18. The Morgan fingerprint density at radius 3 is 2.87 bits per heavy atom. The summed E-state index contributed by atoms with van der Waals surface area (Å²) in [6, 6.07) is 0.581. The van der Waals surface area contributed by atoms with Gasteiger partial charge in [0.05, 0.1) is 0 Å². The molecule has 1 saturated heterocycles. The van der Waals surface area contributed by atoms with Crippen molar-refractivity contribution < 1.29 is 0 Å². The highest BCUT2D eigenvalue weighted by atomic mass is 32.1. The fourth-order valence-electron chi connectivity index (χ4n) is 1.73. The number of likely N-dealkylation sites (N-methyl/N-ethyl adjacent to an activating group) is 1. The average Bonchev–Trinajstić information content (AvgIpc) is 2.88. The number of hydrogen-bond donors (Lipinski definition) is 1. The minimum atomic E-state index is 0.421. The lowest BCUT2D eigenvalue weighted by molar-refractivity contribution is 0.680. The molecule has 1 aromatic rings. The molecule has 0 aliphatic carbocycles. The van der Waals surface area contributed by atoms with Crippen LogP contribution in [0.3, 0.4) is 0 Å². The van der Waals surface area contributed by atoms with E-state index < -0.39 is 0 Å². The Morgan fingerprint density at radius 1 is 1.53 bits per heavy atom. The maximum Gasteiger partial charge on any atom is 0.205 e. The maximum absolute atomic E-state index is 4.56. The fourth-order valence-corrected chi connectivity index (χ4v) is 2.57. The second-order valence-corrected chi connectivity index (χ2v) is 5.08. The van der Waals surface area contributed by atoms with Crippen LogP contribution in [0.1, 0.15) is 32.0 Å². The summed E-state index contributed by atoms with van der Waals surface area (Å²) < 4.78 is 4.38. The van der Waals surface area contributed by atoms with E-state index in [0.717, 1.165) is 24.0 Å². The smallest absolute Gasteiger partial charge is 0.205 e. The Hall–Kier alpha value is -0.680. The van der Waals surface area contributed by atoms with E-state index in [4.69, 9.17) is 0 Å². The molecule has 1 aliphatic rings. The molecule has 0 radical (unpaired) electrons. The summed E-state index contributed by atoms with van der Waals surface area (Å²) in [4.78, 5) is 6.81. The molecule has 0 aromatic carbocycles. The quantitative estimate of drug-likeness (QED) is 0.847. The Kier molecular flexibility index (Phi) is 3.21. The van der Waals surface area contributed by atoms with E-state index in [1.165, 1.54) is 18.0 Å². The van der Waals surface area contributed by atoms with E-state index in [1.54, 1.807) is 0 Å². The van der Waals surface area contributed by atoms with Gasteiger partial charge in [-0.3, -0.25) is 0 Å². The number of nitrogens with one attached hydrogen (secondary N) is 1. The third-order valence-corrected chi connectivity index (χ3v) is 3.65. The van der Waals surface area contributed by atoms with Crippen LogP contribution in [0.25, 0.3) is 0 Å². The normalized spacial score (nSPS) is 21.2. The largest absolute Gasteiger partial charge is 0.346 e. The van der Waals surface area contributed by atoms with Gasteiger partial charge in [-0.05, 0) is 13.0 Å².